The van der Waals surface area contributed by atoms with Gasteiger partial charge >= 0.3 is 11.9 Å². The lowest BCUT2D eigenvalue weighted by Gasteiger charge is -2.12. The lowest BCUT2D eigenvalue weighted by atomic mass is 9.92. The highest BCUT2D eigenvalue weighted by molar-refractivity contribution is 5.89. The molecule has 2 aromatic carbocycles. The zero-order chi connectivity index (χ0) is 17.5. The Hall–Kier alpha value is -2.88. The second-order valence-electron chi connectivity index (χ2n) is 5.69. The van der Waals surface area contributed by atoms with Gasteiger partial charge in [-0.2, -0.15) is 0 Å². The molecule has 2 rings (SSSR count). The molecule has 2 aromatic rings. The number of hydrogen-bond acceptors (Lipinski definition) is 2. The molecular weight excluding hydrogens is 304 g/mol. The van der Waals surface area contributed by atoms with Crippen molar-refractivity contribution in [3.05, 3.63) is 72.3 Å². The van der Waals surface area contributed by atoms with Crippen LogP contribution in [0.5, 0.6) is 0 Å². The Morgan fingerprint density at radius 3 is 2.33 bits per heavy atom. The molecule has 1 atom stereocenters. The van der Waals surface area contributed by atoms with E-state index in [0.717, 1.165) is 16.7 Å². The average Bonchev–Trinajstić information content (AvgIpc) is 2.58. The number of rotatable bonds is 8. The Balaban J connectivity index is 2.25. The van der Waals surface area contributed by atoms with E-state index in [1.54, 1.807) is 24.3 Å². The molecule has 0 saturated carbocycles. The fourth-order valence-electron chi connectivity index (χ4n) is 2.63. The molecule has 2 N–H and O–H groups in total. The minimum absolute atomic E-state index is 0.229. The number of allylic oxidation sites excluding steroid dienone is 1. The highest BCUT2D eigenvalue weighted by atomic mass is 16.4. The predicted molar refractivity (Wildman–Crippen MR) is 93.1 cm³/mol. The summed E-state index contributed by atoms with van der Waals surface area (Å²) in [5.41, 5.74) is 2.83. The van der Waals surface area contributed by atoms with E-state index in [9.17, 15) is 14.7 Å². The van der Waals surface area contributed by atoms with Crippen molar-refractivity contribution in [3.8, 4) is 11.1 Å². The topological polar surface area (TPSA) is 74.6 Å². The van der Waals surface area contributed by atoms with Crippen LogP contribution in [-0.4, -0.2) is 22.2 Å². The van der Waals surface area contributed by atoms with E-state index >= 15 is 0 Å². The first-order chi connectivity index (χ1) is 11.5. The van der Waals surface area contributed by atoms with E-state index in [0.29, 0.717) is 19.3 Å². The number of carboxylic acids is 2. The molecule has 1 unspecified atom stereocenters. The van der Waals surface area contributed by atoms with Gasteiger partial charge in [-0.05, 0) is 48.1 Å². The molecule has 0 aliphatic heterocycles. The minimum atomic E-state index is -0.969. The molecule has 0 saturated heterocycles. The maximum Gasteiger partial charge on any atom is 0.335 e. The number of hydrogen-bond donors (Lipinski definition) is 2. The molecule has 24 heavy (non-hydrogen) atoms. The van der Waals surface area contributed by atoms with E-state index in [1.165, 1.54) is 0 Å². The van der Waals surface area contributed by atoms with Crippen molar-refractivity contribution in [2.24, 2.45) is 5.92 Å². The molecule has 0 aromatic heterocycles. The fourth-order valence-corrected chi connectivity index (χ4v) is 2.63. The van der Waals surface area contributed by atoms with E-state index in [2.05, 4.69) is 6.58 Å². The van der Waals surface area contributed by atoms with Gasteiger partial charge in [-0.15, -0.1) is 6.58 Å². The third kappa shape index (κ3) is 4.56. The van der Waals surface area contributed by atoms with Crippen molar-refractivity contribution in [1.82, 2.24) is 0 Å². The van der Waals surface area contributed by atoms with Gasteiger partial charge in [0.1, 0.15) is 0 Å². The molecule has 4 heteroatoms. The number of aromatic carboxylic acids is 1. The van der Waals surface area contributed by atoms with Gasteiger partial charge in [0.2, 0.25) is 0 Å². The Bertz CT molecular complexity index is 749. The highest BCUT2D eigenvalue weighted by Gasteiger charge is 2.17. The third-order valence-electron chi connectivity index (χ3n) is 3.92. The molecule has 0 bridgehead atoms. The van der Waals surface area contributed by atoms with Gasteiger partial charge in [-0.3, -0.25) is 4.79 Å². The molecular formula is C20H20O4. The van der Waals surface area contributed by atoms with Crippen LogP contribution in [0.2, 0.25) is 0 Å². The fraction of sp³-hybridized carbons (Fsp3) is 0.200. The number of carboxylic acid groups (broad SMARTS) is 2. The number of benzene rings is 2. The van der Waals surface area contributed by atoms with E-state index in [-0.39, 0.29) is 5.56 Å². The average molecular weight is 324 g/mol. The molecule has 124 valence electrons. The Labute approximate surface area is 141 Å². The van der Waals surface area contributed by atoms with Crippen molar-refractivity contribution in [2.45, 2.75) is 19.3 Å². The van der Waals surface area contributed by atoms with Crippen molar-refractivity contribution in [3.63, 3.8) is 0 Å². The molecule has 4 nitrogen and oxygen atoms in total. The molecule has 0 aliphatic carbocycles. The smallest absolute Gasteiger partial charge is 0.335 e. The number of aliphatic carboxylic acids is 1. The van der Waals surface area contributed by atoms with Gasteiger partial charge in [-0.25, -0.2) is 4.79 Å². The van der Waals surface area contributed by atoms with Crippen LogP contribution in [0.25, 0.3) is 11.1 Å². The van der Waals surface area contributed by atoms with Gasteiger partial charge in [0.05, 0.1) is 11.5 Å². The van der Waals surface area contributed by atoms with Crippen LogP contribution in [0, 0.1) is 5.92 Å². The molecule has 0 fully saturated rings. The van der Waals surface area contributed by atoms with Crippen LogP contribution < -0.4 is 0 Å². The summed E-state index contributed by atoms with van der Waals surface area (Å²) < 4.78 is 0. The highest BCUT2D eigenvalue weighted by Crippen LogP contribution is 2.24. The first-order valence-electron chi connectivity index (χ1n) is 7.77. The standard InChI is InChI=1S/C20H20O4/c1-2-3-7-17(19(21)22)12-14-6-4-8-15(11-14)16-9-5-10-18(13-16)20(23)24/h2,4-6,8-11,13,17H,1,3,7,12H2,(H,21,22)(H,23,24). The van der Waals surface area contributed by atoms with Gasteiger partial charge in [0.25, 0.3) is 0 Å². The second kappa shape index (κ2) is 8.11. The zero-order valence-electron chi connectivity index (χ0n) is 13.3. The molecule has 0 spiro atoms. The summed E-state index contributed by atoms with van der Waals surface area (Å²) in [7, 11) is 0. The van der Waals surface area contributed by atoms with E-state index in [4.69, 9.17) is 5.11 Å². The predicted octanol–water partition coefficient (Wildman–Crippen LogP) is 4.26. The van der Waals surface area contributed by atoms with Crippen LogP contribution in [0.4, 0.5) is 0 Å². The normalized spacial score (nSPS) is 11.7. The SMILES string of the molecule is C=CCCC(Cc1cccc(-c2cccc(C(=O)O)c2)c1)C(=O)O. The maximum atomic E-state index is 11.4. The molecule has 0 aliphatic rings. The Morgan fingerprint density at radius 2 is 1.71 bits per heavy atom. The lowest BCUT2D eigenvalue weighted by molar-refractivity contribution is -0.141. The monoisotopic (exact) mass is 324 g/mol. The van der Waals surface area contributed by atoms with E-state index in [1.807, 2.05) is 30.3 Å². The molecule has 0 radical (unpaired) electrons. The summed E-state index contributed by atoms with van der Waals surface area (Å²) >= 11 is 0. The largest absolute Gasteiger partial charge is 0.481 e. The van der Waals surface area contributed by atoms with Crippen LogP contribution in [-0.2, 0) is 11.2 Å². The first kappa shape index (κ1) is 17.5. The minimum Gasteiger partial charge on any atom is -0.481 e. The number of carbonyl (C=O) groups is 2. The third-order valence-corrected chi connectivity index (χ3v) is 3.92. The van der Waals surface area contributed by atoms with Crippen LogP contribution in [0.3, 0.4) is 0 Å². The first-order valence-corrected chi connectivity index (χ1v) is 7.77. The Kier molecular flexibility index (Phi) is 5.90. The molecule has 0 heterocycles. The summed E-state index contributed by atoms with van der Waals surface area (Å²) in [6.45, 7) is 3.63. The van der Waals surface area contributed by atoms with Gasteiger partial charge in [-0.1, -0.05) is 42.5 Å². The van der Waals surface area contributed by atoms with Crippen molar-refractivity contribution < 1.29 is 19.8 Å². The van der Waals surface area contributed by atoms with Crippen LogP contribution in [0.1, 0.15) is 28.8 Å². The lowest BCUT2D eigenvalue weighted by Crippen LogP contribution is -2.16. The van der Waals surface area contributed by atoms with Gasteiger partial charge in [0, 0.05) is 0 Å². The van der Waals surface area contributed by atoms with Gasteiger partial charge < -0.3 is 10.2 Å². The van der Waals surface area contributed by atoms with E-state index < -0.39 is 17.9 Å². The zero-order valence-corrected chi connectivity index (χ0v) is 13.3. The quantitative estimate of drug-likeness (QED) is 0.711. The van der Waals surface area contributed by atoms with Crippen molar-refractivity contribution in [2.75, 3.05) is 0 Å². The Morgan fingerprint density at radius 1 is 1.04 bits per heavy atom. The summed E-state index contributed by atoms with van der Waals surface area (Å²) in [6.07, 6.45) is 3.38. The summed E-state index contributed by atoms with van der Waals surface area (Å²) in [5.74, 6) is -2.23. The summed E-state index contributed by atoms with van der Waals surface area (Å²) in [4.78, 5) is 22.5. The summed E-state index contributed by atoms with van der Waals surface area (Å²) in [5, 5.41) is 18.4. The van der Waals surface area contributed by atoms with Gasteiger partial charge in [0.15, 0.2) is 0 Å². The maximum absolute atomic E-state index is 11.4. The van der Waals surface area contributed by atoms with Crippen LogP contribution >= 0.6 is 0 Å². The second-order valence-corrected chi connectivity index (χ2v) is 5.69. The molecule has 0 amide bonds. The summed E-state index contributed by atoms with van der Waals surface area (Å²) in [6, 6.07) is 14.3. The van der Waals surface area contributed by atoms with Crippen LogP contribution in [0.15, 0.2) is 61.2 Å². The van der Waals surface area contributed by atoms with Crippen molar-refractivity contribution >= 4 is 11.9 Å². The van der Waals surface area contributed by atoms with Crippen molar-refractivity contribution in [1.29, 1.82) is 0 Å².